The largest absolute Gasteiger partial charge is 0.482 e. The van der Waals surface area contributed by atoms with Gasteiger partial charge < -0.3 is 10.5 Å². The fourth-order valence-electron chi connectivity index (χ4n) is 4.12. The van der Waals surface area contributed by atoms with Crippen molar-refractivity contribution >= 4 is 5.82 Å². The molecule has 0 spiro atoms. The molecule has 0 unspecified atom stereocenters. The van der Waals surface area contributed by atoms with Gasteiger partial charge in [-0.05, 0) is 13.8 Å². The average molecular weight is 427 g/mol. The van der Waals surface area contributed by atoms with Crippen LogP contribution in [0.2, 0.25) is 0 Å². The Balaban J connectivity index is 1.84. The van der Waals surface area contributed by atoms with E-state index in [1.165, 1.54) is 0 Å². The van der Waals surface area contributed by atoms with Gasteiger partial charge in [0.15, 0.2) is 11.6 Å². The number of nitrogens with zero attached hydrogens (tertiary/aromatic N) is 8. The number of anilines is 1. The minimum absolute atomic E-state index is 0.177. The van der Waals surface area contributed by atoms with Gasteiger partial charge in [-0.15, -0.1) is 10.2 Å². The van der Waals surface area contributed by atoms with Gasteiger partial charge in [0.25, 0.3) is 0 Å². The molecule has 0 saturated heterocycles. The number of nitriles is 1. The summed E-state index contributed by atoms with van der Waals surface area (Å²) in [5, 5.41) is 32.0. The van der Waals surface area contributed by atoms with E-state index >= 15 is 0 Å². The molecule has 10 nitrogen and oxygen atoms in total. The van der Waals surface area contributed by atoms with E-state index in [0.717, 1.165) is 28.1 Å². The summed E-state index contributed by atoms with van der Waals surface area (Å²) in [6.45, 7) is 3.99. The topological polar surface area (TPSA) is 133 Å². The first-order chi connectivity index (χ1) is 15.4. The SMILES string of the molecule is Cc1ccc2c(c1)[C@@H](C)Oc1cc(nnc1N)-c1c(nn(C)c1C#N)Cc1nn(C)nc1-2. The van der Waals surface area contributed by atoms with Crippen LogP contribution in [0.1, 0.15) is 41.2 Å². The molecule has 3 aromatic heterocycles. The van der Waals surface area contributed by atoms with Gasteiger partial charge in [-0.3, -0.25) is 4.68 Å². The Hall–Kier alpha value is -4.26. The van der Waals surface area contributed by atoms with E-state index in [1.54, 1.807) is 29.6 Å². The highest BCUT2D eigenvalue weighted by atomic mass is 16.5. The molecule has 1 aromatic carbocycles. The molecule has 0 amide bonds. The smallest absolute Gasteiger partial charge is 0.188 e. The van der Waals surface area contributed by atoms with Crippen molar-refractivity contribution in [1.82, 2.24) is 35.0 Å². The number of ether oxygens (including phenoxy) is 1. The van der Waals surface area contributed by atoms with Crippen LogP contribution in [-0.4, -0.2) is 35.0 Å². The van der Waals surface area contributed by atoms with Crippen molar-refractivity contribution in [2.45, 2.75) is 26.4 Å². The van der Waals surface area contributed by atoms with Crippen LogP contribution in [0.15, 0.2) is 24.3 Å². The molecule has 160 valence electrons. The maximum Gasteiger partial charge on any atom is 0.188 e. The average Bonchev–Trinajstić information content (AvgIpc) is 3.27. The summed E-state index contributed by atoms with van der Waals surface area (Å²) in [6.07, 6.45) is 0.0279. The zero-order valence-electron chi connectivity index (χ0n) is 18.2. The zero-order chi connectivity index (χ0) is 22.6. The molecule has 5 rings (SSSR count). The second kappa shape index (κ2) is 7.16. The molecule has 10 heteroatoms. The highest BCUT2D eigenvalue weighted by Gasteiger charge is 2.27. The number of aryl methyl sites for hydroxylation is 3. The van der Waals surface area contributed by atoms with Gasteiger partial charge in [-0.2, -0.15) is 25.4 Å². The van der Waals surface area contributed by atoms with Crippen LogP contribution in [0.25, 0.3) is 22.5 Å². The maximum atomic E-state index is 9.79. The molecule has 0 saturated carbocycles. The molecule has 4 heterocycles. The van der Waals surface area contributed by atoms with Gasteiger partial charge in [0.05, 0.1) is 17.0 Å². The lowest BCUT2D eigenvalue weighted by molar-refractivity contribution is 0.228. The molecule has 1 atom stereocenters. The minimum atomic E-state index is -0.345. The van der Waals surface area contributed by atoms with Crippen molar-refractivity contribution in [1.29, 1.82) is 5.26 Å². The van der Waals surface area contributed by atoms with Gasteiger partial charge in [-0.25, -0.2) is 0 Å². The number of nitrogens with two attached hydrogens (primary N) is 1. The van der Waals surface area contributed by atoms with E-state index in [-0.39, 0.29) is 11.9 Å². The molecular weight excluding hydrogens is 406 g/mol. The molecular formula is C22H21N9O. The minimum Gasteiger partial charge on any atom is -0.482 e. The van der Waals surface area contributed by atoms with Gasteiger partial charge in [-0.1, -0.05) is 23.8 Å². The Morgan fingerprint density at radius 1 is 1.12 bits per heavy atom. The second-order valence-corrected chi connectivity index (χ2v) is 7.90. The molecule has 1 aliphatic rings. The number of benzene rings is 1. The van der Waals surface area contributed by atoms with Crippen molar-refractivity contribution in [2.24, 2.45) is 14.1 Å². The highest BCUT2D eigenvalue weighted by Crippen LogP contribution is 2.37. The van der Waals surface area contributed by atoms with Crippen LogP contribution in [0.5, 0.6) is 5.75 Å². The summed E-state index contributed by atoms with van der Waals surface area (Å²) in [4.78, 5) is 1.55. The predicted octanol–water partition coefficient (Wildman–Crippen LogP) is 2.48. The van der Waals surface area contributed by atoms with Crippen LogP contribution in [-0.2, 0) is 20.5 Å². The molecule has 2 bridgehead atoms. The third-order valence-electron chi connectivity index (χ3n) is 5.59. The van der Waals surface area contributed by atoms with E-state index in [1.807, 2.05) is 26.0 Å². The maximum absolute atomic E-state index is 9.79. The van der Waals surface area contributed by atoms with Crippen LogP contribution in [0.3, 0.4) is 0 Å². The van der Waals surface area contributed by atoms with Crippen molar-refractivity contribution in [3.63, 3.8) is 0 Å². The van der Waals surface area contributed by atoms with Gasteiger partial charge in [0.1, 0.15) is 29.3 Å². The summed E-state index contributed by atoms with van der Waals surface area (Å²) >= 11 is 0. The third kappa shape index (κ3) is 3.06. The van der Waals surface area contributed by atoms with Gasteiger partial charge >= 0.3 is 0 Å². The lowest BCUT2D eigenvalue weighted by Crippen LogP contribution is -2.10. The van der Waals surface area contributed by atoms with E-state index in [4.69, 9.17) is 10.5 Å². The number of rotatable bonds is 0. The van der Waals surface area contributed by atoms with Crippen molar-refractivity contribution in [2.75, 3.05) is 5.73 Å². The quantitative estimate of drug-likeness (QED) is 0.452. The number of nitrogen functional groups attached to an aromatic ring is 1. The Morgan fingerprint density at radius 3 is 2.72 bits per heavy atom. The molecule has 2 N–H and O–H groups in total. The second-order valence-electron chi connectivity index (χ2n) is 7.90. The molecule has 0 radical (unpaired) electrons. The summed E-state index contributed by atoms with van der Waals surface area (Å²) < 4.78 is 7.80. The van der Waals surface area contributed by atoms with Crippen molar-refractivity contribution in [3.05, 3.63) is 52.5 Å². The Bertz CT molecular complexity index is 1410. The standard InChI is InChI=1S/C22H21N9O/c1-11-5-6-13-14(7-11)12(2)32-19-9-15(25-26-22(19)24)20-16(27-30(3)18(20)10-23)8-17-21(13)29-31(4)28-17/h5-7,9,12H,8H2,1-4H3,(H2,24,26)/t12-/m1/s1. The van der Waals surface area contributed by atoms with Crippen LogP contribution < -0.4 is 10.5 Å². The first-order valence-corrected chi connectivity index (χ1v) is 10.1. The fourth-order valence-corrected chi connectivity index (χ4v) is 4.12. The number of hydrogen-bond donors (Lipinski definition) is 1. The summed E-state index contributed by atoms with van der Waals surface area (Å²) in [7, 11) is 3.51. The van der Waals surface area contributed by atoms with Crippen molar-refractivity contribution < 1.29 is 4.74 Å². The molecule has 0 aliphatic carbocycles. The number of fused-ring (bicyclic) bond motifs is 7. The predicted molar refractivity (Wildman–Crippen MR) is 116 cm³/mol. The Labute approximate surface area is 184 Å². The van der Waals surface area contributed by atoms with E-state index < -0.39 is 0 Å². The van der Waals surface area contributed by atoms with Crippen LogP contribution >= 0.6 is 0 Å². The molecule has 0 fully saturated rings. The first-order valence-electron chi connectivity index (χ1n) is 10.1. The van der Waals surface area contributed by atoms with E-state index in [0.29, 0.717) is 34.8 Å². The number of hydrogen-bond acceptors (Lipinski definition) is 8. The normalized spacial score (nSPS) is 14.8. The highest BCUT2D eigenvalue weighted by molar-refractivity contribution is 5.73. The Kier molecular flexibility index (Phi) is 4.41. The van der Waals surface area contributed by atoms with Crippen LogP contribution in [0, 0.1) is 18.3 Å². The summed E-state index contributed by atoms with van der Waals surface area (Å²) in [6, 6.07) is 10.1. The van der Waals surface area contributed by atoms with E-state index in [2.05, 4.69) is 37.6 Å². The van der Waals surface area contributed by atoms with E-state index in [9.17, 15) is 5.26 Å². The lowest BCUT2D eigenvalue weighted by atomic mass is 9.95. The fraction of sp³-hybridized carbons (Fsp3) is 0.273. The number of aromatic nitrogens is 7. The molecule has 1 aliphatic heterocycles. The lowest BCUT2D eigenvalue weighted by Gasteiger charge is -2.20. The molecule has 4 aromatic rings. The third-order valence-corrected chi connectivity index (χ3v) is 5.59. The first kappa shape index (κ1) is 19.7. The van der Waals surface area contributed by atoms with Gasteiger partial charge in [0.2, 0.25) is 0 Å². The Morgan fingerprint density at radius 2 is 1.94 bits per heavy atom. The monoisotopic (exact) mass is 427 g/mol. The van der Waals surface area contributed by atoms with Crippen LogP contribution in [0.4, 0.5) is 5.82 Å². The van der Waals surface area contributed by atoms with Gasteiger partial charge in [0, 0.05) is 37.7 Å². The summed E-state index contributed by atoms with van der Waals surface area (Å²) in [5.74, 6) is 0.574. The van der Waals surface area contributed by atoms with Crippen molar-refractivity contribution in [3.8, 4) is 34.3 Å². The zero-order valence-corrected chi connectivity index (χ0v) is 18.2. The molecule has 32 heavy (non-hydrogen) atoms. The summed E-state index contributed by atoms with van der Waals surface area (Å²) in [5.41, 5.74) is 12.6.